The summed E-state index contributed by atoms with van der Waals surface area (Å²) in [6.07, 6.45) is 5.64. The Balaban J connectivity index is 1.45. The van der Waals surface area contributed by atoms with E-state index in [1.165, 1.54) is 21.7 Å². The Hall–Kier alpha value is -5.16. The topological polar surface area (TPSA) is 40.6 Å². The van der Waals surface area contributed by atoms with E-state index in [1.54, 1.807) is 6.20 Å². The van der Waals surface area contributed by atoms with Gasteiger partial charge in [0.1, 0.15) is 5.65 Å². The second-order valence-corrected chi connectivity index (χ2v) is 9.25. The van der Waals surface area contributed by atoms with Crippen molar-refractivity contribution in [3.8, 4) is 17.1 Å². The van der Waals surface area contributed by atoms with E-state index in [9.17, 15) is 0 Å². The van der Waals surface area contributed by atoms with E-state index in [4.69, 9.17) is 4.98 Å². The van der Waals surface area contributed by atoms with E-state index in [0.717, 1.165) is 39.1 Å². The first kappa shape index (κ1) is 20.1. The Morgan fingerprint density at radius 1 is 0.459 bits per heavy atom. The van der Waals surface area contributed by atoms with E-state index >= 15 is 0 Å². The minimum Gasteiger partial charge on any atom is -0.309 e. The van der Waals surface area contributed by atoms with Gasteiger partial charge < -0.3 is 4.57 Å². The summed E-state index contributed by atoms with van der Waals surface area (Å²) in [6, 6.07) is 38.5. The SMILES string of the molecule is c1cc(-n2cccn2)cc(-n2c3ccccc3c3ccc(-n4c5ccccc5c5cccnc54)cc32)c1. The molecular weight excluding hydrogens is 454 g/mol. The summed E-state index contributed by atoms with van der Waals surface area (Å²) in [5, 5.41) is 9.25. The van der Waals surface area contributed by atoms with E-state index in [-0.39, 0.29) is 0 Å². The molecule has 0 fully saturated rings. The molecule has 5 heteroatoms. The zero-order valence-electron chi connectivity index (χ0n) is 19.9. The Bertz CT molecular complexity index is 2040. The van der Waals surface area contributed by atoms with Gasteiger partial charge in [0.05, 0.1) is 22.2 Å². The van der Waals surface area contributed by atoms with Crippen LogP contribution in [0.15, 0.2) is 128 Å². The van der Waals surface area contributed by atoms with Gasteiger partial charge in [-0.2, -0.15) is 5.10 Å². The average Bonchev–Trinajstić information content (AvgIpc) is 3.68. The van der Waals surface area contributed by atoms with Crippen LogP contribution in [0.1, 0.15) is 0 Å². The number of pyridine rings is 1. The standard InChI is InChI=1S/C32H21N5/c1-3-13-29-25(10-1)27-16-15-24(37-30-14-4-2-11-26(30)28-12-6-17-33-32(28)37)21-31(27)36(29)23-9-5-8-22(20-23)35-19-7-18-34-35/h1-21H. The van der Waals surface area contributed by atoms with Gasteiger partial charge in [-0.1, -0.05) is 48.5 Å². The Morgan fingerprint density at radius 3 is 2.00 bits per heavy atom. The number of hydrogen-bond acceptors (Lipinski definition) is 2. The lowest BCUT2D eigenvalue weighted by molar-refractivity contribution is 0.879. The van der Waals surface area contributed by atoms with E-state index in [1.807, 2.05) is 29.2 Å². The third kappa shape index (κ3) is 2.91. The molecule has 0 aliphatic rings. The summed E-state index contributed by atoms with van der Waals surface area (Å²) < 4.78 is 6.52. The molecule has 4 aromatic carbocycles. The molecule has 37 heavy (non-hydrogen) atoms. The largest absolute Gasteiger partial charge is 0.309 e. The van der Waals surface area contributed by atoms with Crippen LogP contribution in [0.5, 0.6) is 0 Å². The molecule has 0 radical (unpaired) electrons. The number of para-hydroxylation sites is 2. The van der Waals surface area contributed by atoms with E-state index in [0.29, 0.717) is 0 Å². The highest BCUT2D eigenvalue weighted by Crippen LogP contribution is 2.36. The van der Waals surface area contributed by atoms with Gasteiger partial charge in [0.15, 0.2) is 0 Å². The van der Waals surface area contributed by atoms with Crippen molar-refractivity contribution in [3.63, 3.8) is 0 Å². The summed E-state index contributed by atoms with van der Waals surface area (Å²) in [5.41, 5.74) is 7.65. The predicted molar refractivity (Wildman–Crippen MR) is 150 cm³/mol. The van der Waals surface area contributed by atoms with Crippen molar-refractivity contribution in [2.75, 3.05) is 0 Å². The molecule has 0 N–H and O–H groups in total. The van der Waals surface area contributed by atoms with Crippen molar-refractivity contribution in [3.05, 3.63) is 128 Å². The van der Waals surface area contributed by atoms with Gasteiger partial charge in [0, 0.05) is 51.5 Å². The summed E-state index contributed by atoms with van der Waals surface area (Å²) in [6.45, 7) is 0. The maximum atomic E-state index is 4.78. The van der Waals surface area contributed by atoms with Crippen LogP contribution in [0.4, 0.5) is 0 Å². The molecule has 0 bridgehead atoms. The molecule has 0 amide bonds. The van der Waals surface area contributed by atoms with Crippen LogP contribution in [0.25, 0.3) is 60.8 Å². The summed E-state index contributed by atoms with van der Waals surface area (Å²) in [5.74, 6) is 0. The van der Waals surface area contributed by atoms with Gasteiger partial charge in [-0.05, 0) is 60.7 Å². The first-order chi connectivity index (χ1) is 18.4. The van der Waals surface area contributed by atoms with Crippen molar-refractivity contribution in [1.29, 1.82) is 0 Å². The second-order valence-electron chi connectivity index (χ2n) is 9.25. The van der Waals surface area contributed by atoms with Crippen molar-refractivity contribution >= 4 is 43.7 Å². The molecule has 0 saturated heterocycles. The monoisotopic (exact) mass is 475 g/mol. The van der Waals surface area contributed by atoms with Crippen LogP contribution in [-0.2, 0) is 0 Å². The van der Waals surface area contributed by atoms with Crippen LogP contribution in [0.2, 0.25) is 0 Å². The first-order valence-corrected chi connectivity index (χ1v) is 12.3. The predicted octanol–water partition coefficient (Wildman–Crippen LogP) is 7.46. The summed E-state index contributed by atoms with van der Waals surface area (Å²) in [7, 11) is 0. The van der Waals surface area contributed by atoms with E-state index < -0.39 is 0 Å². The number of fused-ring (bicyclic) bond motifs is 6. The minimum absolute atomic E-state index is 0.964. The van der Waals surface area contributed by atoms with Gasteiger partial charge in [0.25, 0.3) is 0 Å². The number of benzene rings is 4. The fraction of sp³-hybridized carbons (Fsp3) is 0. The fourth-order valence-electron chi connectivity index (χ4n) is 5.63. The minimum atomic E-state index is 0.964. The zero-order valence-corrected chi connectivity index (χ0v) is 19.9. The second kappa shape index (κ2) is 7.67. The van der Waals surface area contributed by atoms with Crippen molar-refractivity contribution in [1.82, 2.24) is 23.9 Å². The molecule has 4 heterocycles. The highest BCUT2D eigenvalue weighted by atomic mass is 15.3. The van der Waals surface area contributed by atoms with Gasteiger partial charge >= 0.3 is 0 Å². The highest BCUT2D eigenvalue weighted by molar-refractivity contribution is 6.11. The molecule has 5 nitrogen and oxygen atoms in total. The number of aromatic nitrogens is 5. The smallest absolute Gasteiger partial charge is 0.145 e. The third-order valence-electron chi connectivity index (χ3n) is 7.21. The highest BCUT2D eigenvalue weighted by Gasteiger charge is 2.17. The number of hydrogen-bond donors (Lipinski definition) is 0. The maximum absolute atomic E-state index is 4.78. The van der Waals surface area contributed by atoms with Crippen LogP contribution in [0, 0.1) is 0 Å². The molecule has 0 spiro atoms. The normalized spacial score (nSPS) is 11.8. The average molecular weight is 476 g/mol. The lowest BCUT2D eigenvalue weighted by Gasteiger charge is -2.12. The van der Waals surface area contributed by atoms with Crippen LogP contribution < -0.4 is 0 Å². The molecule has 0 atom stereocenters. The molecule has 0 saturated carbocycles. The lowest BCUT2D eigenvalue weighted by Crippen LogP contribution is -1.99. The molecule has 8 aromatic rings. The van der Waals surface area contributed by atoms with Gasteiger partial charge in [-0.25, -0.2) is 9.67 Å². The molecule has 0 aliphatic carbocycles. The number of rotatable bonds is 3. The van der Waals surface area contributed by atoms with Gasteiger partial charge in [0.2, 0.25) is 0 Å². The maximum Gasteiger partial charge on any atom is 0.145 e. The third-order valence-corrected chi connectivity index (χ3v) is 7.21. The Kier molecular flexibility index (Phi) is 4.16. The Labute approximate surface area is 212 Å². The van der Waals surface area contributed by atoms with Gasteiger partial charge in [-0.15, -0.1) is 0 Å². The van der Waals surface area contributed by atoms with Crippen molar-refractivity contribution < 1.29 is 0 Å². The number of nitrogens with zero attached hydrogens (tertiary/aromatic N) is 5. The lowest BCUT2D eigenvalue weighted by atomic mass is 10.1. The van der Waals surface area contributed by atoms with Crippen LogP contribution >= 0.6 is 0 Å². The van der Waals surface area contributed by atoms with Crippen molar-refractivity contribution in [2.45, 2.75) is 0 Å². The van der Waals surface area contributed by atoms with Crippen LogP contribution in [-0.4, -0.2) is 23.9 Å². The fourth-order valence-corrected chi connectivity index (χ4v) is 5.63. The molecule has 4 aromatic heterocycles. The van der Waals surface area contributed by atoms with E-state index in [2.05, 4.69) is 111 Å². The van der Waals surface area contributed by atoms with Crippen molar-refractivity contribution in [2.24, 2.45) is 0 Å². The van der Waals surface area contributed by atoms with Crippen LogP contribution in [0.3, 0.4) is 0 Å². The van der Waals surface area contributed by atoms with Gasteiger partial charge in [-0.3, -0.25) is 4.57 Å². The molecule has 0 unspecified atom stereocenters. The molecule has 0 aliphatic heterocycles. The summed E-state index contributed by atoms with van der Waals surface area (Å²) >= 11 is 0. The zero-order chi connectivity index (χ0) is 24.3. The quantitative estimate of drug-likeness (QED) is 0.266. The Morgan fingerprint density at radius 2 is 1.16 bits per heavy atom. The molecule has 174 valence electrons. The molecule has 8 rings (SSSR count). The molecular formula is C32H21N5. The summed E-state index contributed by atoms with van der Waals surface area (Å²) in [4.78, 5) is 4.78. The first-order valence-electron chi connectivity index (χ1n) is 12.3.